The molecule has 0 aliphatic carbocycles. The van der Waals surface area contributed by atoms with E-state index in [0.717, 1.165) is 79.0 Å². The summed E-state index contributed by atoms with van der Waals surface area (Å²) in [5, 5.41) is 12.6. The van der Waals surface area contributed by atoms with Crippen molar-refractivity contribution in [3.8, 4) is 11.5 Å². The quantitative estimate of drug-likeness (QED) is 0.109. The van der Waals surface area contributed by atoms with Crippen LogP contribution in [0.5, 0.6) is 11.5 Å². The lowest BCUT2D eigenvalue weighted by molar-refractivity contribution is -0.134. The van der Waals surface area contributed by atoms with Gasteiger partial charge in [0.25, 0.3) is 5.91 Å². The third-order valence-electron chi connectivity index (χ3n) is 11.4. The van der Waals surface area contributed by atoms with Crippen LogP contribution in [0.15, 0.2) is 97.1 Å². The standard InChI is InChI=1S/C46H52N4O5/c1-4-41(33-11-7-5-8-12-33)44(34-13-18-38(51)19-14-34)35-15-20-40(21-16-35)55-24-10-6-9-23-48-28-32(3)49(29-31(48)2)37-17-22-42-36(25-37)30-50(46(42)54)43-26-39(52)27-47-45(43)53/h5,7-8,11-22,25,31-32,43,51H,4,6,9-10,23-24,26-30H2,1-3H3,(H,47,53). The Morgan fingerprint density at radius 3 is 2.25 bits per heavy atom. The molecule has 2 N–H and O–H groups in total. The number of rotatable bonds is 13. The highest BCUT2D eigenvalue weighted by Gasteiger charge is 2.40. The van der Waals surface area contributed by atoms with Crippen LogP contribution in [0, 0.1) is 0 Å². The molecule has 9 nitrogen and oxygen atoms in total. The van der Waals surface area contributed by atoms with E-state index in [9.17, 15) is 19.5 Å². The number of anilines is 1. The molecule has 55 heavy (non-hydrogen) atoms. The van der Waals surface area contributed by atoms with Crippen LogP contribution in [0.3, 0.4) is 0 Å². The fourth-order valence-electron chi connectivity index (χ4n) is 8.37. The Balaban J connectivity index is 0.887. The van der Waals surface area contributed by atoms with Gasteiger partial charge < -0.3 is 25.0 Å². The van der Waals surface area contributed by atoms with Crippen molar-refractivity contribution >= 4 is 34.4 Å². The van der Waals surface area contributed by atoms with Crippen molar-refractivity contribution in [2.24, 2.45) is 0 Å². The first-order chi connectivity index (χ1) is 26.7. The fraction of sp³-hybridized carbons (Fsp3) is 0.370. The van der Waals surface area contributed by atoms with E-state index in [1.54, 1.807) is 17.0 Å². The van der Waals surface area contributed by atoms with Gasteiger partial charge in [-0.1, -0.05) is 61.5 Å². The molecule has 286 valence electrons. The number of hydrogen-bond donors (Lipinski definition) is 2. The van der Waals surface area contributed by atoms with Crippen molar-refractivity contribution in [1.82, 2.24) is 15.1 Å². The van der Waals surface area contributed by atoms with E-state index >= 15 is 0 Å². The molecule has 0 spiro atoms. The van der Waals surface area contributed by atoms with Gasteiger partial charge in [0.2, 0.25) is 5.91 Å². The van der Waals surface area contributed by atoms with Crippen molar-refractivity contribution < 1.29 is 24.2 Å². The first-order valence-corrected chi connectivity index (χ1v) is 19.7. The zero-order chi connectivity index (χ0) is 38.5. The summed E-state index contributed by atoms with van der Waals surface area (Å²) in [6, 6.07) is 32.3. The van der Waals surface area contributed by atoms with Crippen molar-refractivity contribution in [2.45, 2.75) is 77.5 Å². The molecular weight excluding hydrogens is 689 g/mol. The van der Waals surface area contributed by atoms with E-state index in [2.05, 4.69) is 90.5 Å². The minimum atomic E-state index is -0.737. The van der Waals surface area contributed by atoms with Crippen LogP contribution < -0.4 is 15.0 Å². The number of benzene rings is 4. The van der Waals surface area contributed by atoms with E-state index < -0.39 is 6.04 Å². The number of hydrogen-bond acceptors (Lipinski definition) is 7. The Morgan fingerprint density at radius 1 is 0.800 bits per heavy atom. The Morgan fingerprint density at radius 2 is 1.53 bits per heavy atom. The lowest BCUT2D eigenvalue weighted by Gasteiger charge is -2.45. The van der Waals surface area contributed by atoms with Gasteiger partial charge in [-0.25, -0.2) is 0 Å². The molecule has 9 heteroatoms. The molecule has 0 saturated carbocycles. The summed E-state index contributed by atoms with van der Waals surface area (Å²) < 4.78 is 6.19. The van der Waals surface area contributed by atoms with Crippen LogP contribution in [0.2, 0.25) is 0 Å². The molecule has 0 aromatic heterocycles. The van der Waals surface area contributed by atoms with Gasteiger partial charge in [-0.15, -0.1) is 0 Å². The van der Waals surface area contributed by atoms with Crippen molar-refractivity contribution in [1.29, 1.82) is 0 Å². The van der Waals surface area contributed by atoms with Crippen LogP contribution >= 0.6 is 0 Å². The molecule has 2 amide bonds. The Hall–Kier alpha value is -5.41. The topological polar surface area (TPSA) is 102 Å². The monoisotopic (exact) mass is 740 g/mol. The van der Waals surface area contributed by atoms with Gasteiger partial charge in [0.15, 0.2) is 5.78 Å². The predicted molar refractivity (Wildman–Crippen MR) is 217 cm³/mol. The number of nitrogens with zero attached hydrogens (tertiary/aromatic N) is 3. The first kappa shape index (κ1) is 37.9. The lowest BCUT2D eigenvalue weighted by Crippen LogP contribution is -2.56. The van der Waals surface area contributed by atoms with Gasteiger partial charge in [-0.2, -0.15) is 0 Å². The Bertz CT molecular complexity index is 2030. The maximum atomic E-state index is 13.2. The van der Waals surface area contributed by atoms with Crippen LogP contribution in [-0.2, 0) is 16.1 Å². The average molecular weight is 741 g/mol. The summed E-state index contributed by atoms with van der Waals surface area (Å²) in [6.45, 7) is 10.7. The lowest BCUT2D eigenvalue weighted by atomic mass is 9.88. The number of carbonyl (C=O) groups excluding carboxylic acids is 3. The highest BCUT2D eigenvalue weighted by molar-refractivity contribution is 6.04. The Labute approximate surface area is 324 Å². The van der Waals surface area contributed by atoms with Crippen molar-refractivity contribution in [3.05, 3.63) is 125 Å². The number of piperidine rings is 1. The maximum Gasteiger partial charge on any atom is 0.255 e. The third kappa shape index (κ3) is 8.47. The number of phenols is 1. The van der Waals surface area contributed by atoms with Crippen molar-refractivity contribution in [2.75, 3.05) is 37.7 Å². The molecule has 3 atom stereocenters. The van der Waals surface area contributed by atoms with E-state index in [4.69, 9.17) is 4.74 Å². The minimum Gasteiger partial charge on any atom is -0.508 e. The number of amides is 2. The molecule has 0 bridgehead atoms. The molecule has 0 radical (unpaired) electrons. The number of allylic oxidation sites excluding steroid dienone is 1. The minimum absolute atomic E-state index is 0.0420. The number of phenolic OH excluding ortho intramolecular Hbond substituents is 1. The van der Waals surface area contributed by atoms with E-state index in [1.807, 2.05) is 30.3 Å². The Kier molecular flexibility index (Phi) is 11.7. The van der Waals surface area contributed by atoms with Gasteiger partial charge in [0, 0.05) is 49.4 Å². The molecule has 3 unspecified atom stereocenters. The third-order valence-corrected chi connectivity index (χ3v) is 11.4. The number of fused-ring (bicyclic) bond motifs is 1. The smallest absolute Gasteiger partial charge is 0.255 e. The van der Waals surface area contributed by atoms with Crippen LogP contribution in [-0.4, -0.2) is 83.4 Å². The number of unbranched alkanes of at least 4 members (excludes halogenated alkanes) is 2. The highest BCUT2D eigenvalue weighted by atomic mass is 16.5. The second kappa shape index (κ2) is 16.9. The molecule has 2 fully saturated rings. The largest absolute Gasteiger partial charge is 0.508 e. The van der Waals surface area contributed by atoms with Crippen LogP contribution in [0.25, 0.3) is 11.1 Å². The molecule has 4 aromatic carbocycles. The average Bonchev–Trinajstić information content (AvgIpc) is 3.53. The summed E-state index contributed by atoms with van der Waals surface area (Å²) in [7, 11) is 0. The molecule has 3 aliphatic heterocycles. The van der Waals surface area contributed by atoms with Gasteiger partial charge in [-0.05, 0) is 122 Å². The maximum absolute atomic E-state index is 13.2. The van der Waals surface area contributed by atoms with Crippen LogP contribution in [0.1, 0.15) is 85.5 Å². The summed E-state index contributed by atoms with van der Waals surface area (Å²) in [5.74, 6) is 0.639. The normalized spacial score (nSPS) is 20.6. The molecule has 3 aliphatic rings. The van der Waals surface area contributed by atoms with Crippen molar-refractivity contribution in [3.63, 3.8) is 0 Å². The number of ketones is 1. The number of ether oxygens (including phenoxy) is 1. The predicted octanol–water partition coefficient (Wildman–Crippen LogP) is 7.32. The number of carbonyl (C=O) groups is 3. The van der Waals surface area contributed by atoms with E-state index in [1.165, 1.54) is 11.1 Å². The zero-order valence-electron chi connectivity index (χ0n) is 32.2. The SMILES string of the molecule is CCC(=C(c1ccc(O)cc1)c1ccc(OCCCCCN2CC(C)N(c3ccc4c(c3)CN(C3CC(=O)CNC3=O)C4=O)CC2C)cc1)c1ccccc1. The molecule has 2 saturated heterocycles. The highest BCUT2D eigenvalue weighted by Crippen LogP contribution is 2.36. The summed E-state index contributed by atoms with van der Waals surface area (Å²) in [4.78, 5) is 44.3. The number of Topliss-reactive ketones (excluding diaryl/α,β-unsaturated/α-hetero) is 1. The summed E-state index contributed by atoms with van der Waals surface area (Å²) in [6.07, 6.45) is 4.13. The second-order valence-electron chi connectivity index (χ2n) is 15.1. The first-order valence-electron chi connectivity index (χ1n) is 19.7. The second-order valence-corrected chi connectivity index (χ2v) is 15.1. The summed E-state index contributed by atoms with van der Waals surface area (Å²) >= 11 is 0. The number of nitrogens with one attached hydrogen (secondary N) is 1. The van der Waals surface area contributed by atoms with Gasteiger partial charge in [-0.3, -0.25) is 19.3 Å². The summed E-state index contributed by atoms with van der Waals surface area (Å²) in [5.41, 5.74) is 8.42. The van der Waals surface area contributed by atoms with E-state index in [-0.39, 0.29) is 36.3 Å². The zero-order valence-corrected chi connectivity index (χ0v) is 32.2. The van der Waals surface area contributed by atoms with E-state index in [0.29, 0.717) is 30.8 Å². The van der Waals surface area contributed by atoms with Gasteiger partial charge in [0.1, 0.15) is 17.5 Å². The molecular formula is C46H52N4O5. The molecule has 7 rings (SSSR count). The van der Waals surface area contributed by atoms with Gasteiger partial charge in [0.05, 0.1) is 13.2 Å². The molecule has 3 heterocycles. The number of piperazine rings is 1. The van der Waals surface area contributed by atoms with Gasteiger partial charge >= 0.3 is 0 Å². The molecule has 4 aromatic rings. The fourth-order valence-corrected chi connectivity index (χ4v) is 8.37. The number of aromatic hydroxyl groups is 1. The van der Waals surface area contributed by atoms with Crippen LogP contribution in [0.4, 0.5) is 5.69 Å².